The van der Waals surface area contributed by atoms with Crippen molar-refractivity contribution < 1.29 is 14.6 Å². The van der Waals surface area contributed by atoms with Crippen molar-refractivity contribution in [1.29, 1.82) is 0 Å². The van der Waals surface area contributed by atoms with Crippen LogP contribution in [0.3, 0.4) is 0 Å². The summed E-state index contributed by atoms with van der Waals surface area (Å²) >= 11 is 0. The molecule has 1 fully saturated rings. The minimum absolute atomic E-state index is 0.0557. The van der Waals surface area contributed by atoms with E-state index < -0.39 is 5.60 Å². The molecule has 106 valence electrons. The Hall–Kier alpha value is -0.650. The van der Waals surface area contributed by atoms with Crippen molar-refractivity contribution in [3.8, 4) is 0 Å². The van der Waals surface area contributed by atoms with E-state index in [9.17, 15) is 9.90 Å². The van der Waals surface area contributed by atoms with Crippen LogP contribution in [0, 0.1) is 5.92 Å². The van der Waals surface area contributed by atoms with Crippen molar-refractivity contribution in [2.75, 3.05) is 33.4 Å². The molecule has 1 aliphatic rings. The minimum atomic E-state index is -0.626. The average Bonchev–Trinajstić information content (AvgIpc) is 2.34. The Kier molecular flexibility index (Phi) is 6.60. The molecule has 0 aromatic carbocycles. The monoisotopic (exact) mass is 258 g/mol. The maximum absolute atomic E-state index is 11.4. The molecule has 5 heteroatoms. The predicted octanol–water partition coefficient (Wildman–Crippen LogP) is 0.280. The van der Waals surface area contributed by atoms with E-state index in [0.29, 0.717) is 25.6 Å². The van der Waals surface area contributed by atoms with Gasteiger partial charge in [-0.3, -0.25) is 4.79 Å². The molecule has 0 aliphatic heterocycles. The first-order valence-electron chi connectivity index (χ1n) is 6.74. The number of hydrogen-bond donors (Lipinski definition) is 3. The molecule has 0 spiro atoms. The van der Waals surface area contributed by atoms with Crippen LogP contribution in [0.5, 0.6) is 0 Å². The van der Waals surface area contributed by atoms with E-state index in [1.165, 1.54) is 0 Å². The molecule has 1 amide bonds. The Morgan fingerprint density at radius 3 is 2.72 bits per heavy atom. The van der Waals surface area contributed by atoms with Gasteiger partial charge in [-0.2, -0.15) is 0 Å². The highest BCUT2D eigenvalue weighted by atomic mass is 16.5. The number of methoxy groups -OCH3 is 1. The molecule has 0 aromatic heterocycles. The van der Waals surface area contributed by atoms with Crippen LogP contribution in [0.25, 0.3) is 0 Å². The fraction of sp³-hybridized carbons (Fsp3) is 0.923. The summed E-state index contributed by atoms with van der Waals surface area (Å²) in [5.74, 6) is 0.655. The molecule has 0 radical (unpaired) electrons. The van der Waals surface area contributed by atoms with E-state index in [2.05, 4.69) is 17.6 Å². The molecule has 1 aliphatic carbocycles. The van der Waals surface area contributed by atoms with Gasteiger partial charge in [-0.25, -0.2) is 0 Å². The van der Waals surface area contributed by atoms with E-state index in [1.54, 1.807) is 7.11 Å². The zero-order valence-electron chi connectivity index (χ0n) is 11.5. The second kappa shape index (κ2) is 7.71. The second-order valence-corrected chi connectivity index (χ2v) is 5.35. The number of amides is 1. The van der Waals surface area contributed by atoms with E-state index >= 15 is 0 Å². The molecule has 5 nitrogen and oxygen atoms in total. The number of aliphatic hydroxyl groups is 1. The molecule has 1 saturated carbocycles. The highest BCUT2D eigenvalue weighted by Gasteiger charge is 2.31. The van der Waals surface area contributed by atoms with Crippen molar-refractivity contribution in [3.05, 3.63) is 0 Å². The van der Waals surface area contributed by atoms with Gasteiger partial charge >= 0.3 is 0 Å². The largest absolute Gasteiger partial charge is 0.389 e. The summed E-state index contributed by atoms with van der Waals surface area (Å²) in [4.78, 5) is 11.4. The molecule has 1 rings (SSSR count). The van der Waals surface area contributed by atoms with Crippen LogP contribution in [0.4, 0.5) is 0 Å². The molecule has 3 N–H and O–H groups in total. The Bertz CT molecular complexity index is 251. The van der Waals surface area contributed by atoms with Gasteiger partial charge in [-0.05, 0) is 31.6 Å². The van der Waals surface area contributed by atoms with Gasteiger partial charge in [0.05, 0.1) is 18.8 Å². The lowest BCUT2D eigenvalue weighted by atomic mass is 9.79. The Balaban J connectivity index is 2.11. The molecule has 0 saturated heterocycles. The highest BCUT2D eigenvalue weighted by Crippen LogP contribution is 2.31. The third-order valence-electron chi connectivity index (χ3n) is 3.57. The lowest BCUT2D eigenvalue weighted by Gasteiger charge is -2.35. The summed E-state index contributed by atoms with van der Waals surface area (Å²) in [5.41, 5.74) is -0.626. The Morgan fingerprint density at radius 1 is 1.44 bits per heavy atom. The van der Waals surface area contributed by atoms with Crippen LogP contribution in [0.15, 0.2) is 0 Å². The standard InChI is InChI=1S/C13H26N2O3/c1-11-3-5-13(17,6-4-11)10-14-9-12(16)15-7-8-18-2/h11,14,17H,3-10H2,1-2H3,(H,15,16). The molecular formula is C13H26N2O3. The highest BCUT2D eigenvalue weighted by molar-refractivity contribution is 5.77. The summed E-state index contributed by atoms with van der Waals surface area (Å²) in [6.45, 7) is 4.02. The van der Waals surface area contributed by atoms with Crippen LogP contribution < -0.4 is 10.6 Å². The van der Waals surface area contributed by atoms with Gasteiger partial charge in [0.1, 0.15) is 0 Å². The van der Waals surface area contributed by atoms with Crippen molar-refractivity contribution in [2.45, 2.75) is 38.2 Å². The predicted molar refractivity (Wildman–Crippen MR) is 70.3 cm³/mol. The first-order valence-corrected chi connectivity index (χ1v) is 6.74. The zero-order chi connectivity index (χ0) is 13.4. The fourth-order valence-corrected chi connectivity index (χ4v) is 2.24. The van der Waals surface area contributed by atoms with E-state index in [0.717, 1.165) is 25.7 Å². The normalized spacial score (nSPS) is 28.1. The first kappa shape index (κ1) is 15.4. The maximum Gasteiger partial charge on any atom is 0.234 e. The Morgan fingerprint density at radius 2 is 2.11 bits per heavy atom. The summed E-state index contributed by atoms with van der Waals surface area (Å²) in [5, 5.41) is 16.1. The van der Waals surface area contributed by atoms with Crippen LogP contribution >= 0.6 is 0 Å². The number of ether oxygens (including phenoxy) is 1. The van der Waals surface area contributed by atoms with Crippen molar-refractivity contribution in [2.24, 2.45) is 5.92 Å². The zero-order valence-corrected chi connectivity index (χ0v) is 11.5. The second-order valence-electron chi connectivity index (χ2n) is 5.35. The van der Waals surface area contributed by atoms with Crippen LogP contribution in [-0.2, 0) is 9.53 Å². The van der Waals surface area contributed by atoms with Gasteiger partial charge in [0.25, 0.3) is 0 Å². The lowest BCUT2D eigenvalue weighted by molar-refractivity contribution is -0.120. The third kappa shape index (κ3) is 5.80. The van der Waals surface area contributed by atoms with E-state index in [-0.39, 0.29) is 12.5 Å². The summed E-state index contributed by atoms with van der Waals surface area (Å²) < 4.78 is 4.84. The number of hydrogen-bond acceptors (Lipinski definition) is 4. The van der Waals surface area contributed by atoms with Crippen LogP contribution in [0.2, 0.25) is 0 Å². The van der Waals surface area contributed by atoms with Gasteiger partial charge in [0.2, 0.25) is 5.91 Å². The lowest BCUT2D eigenvalue weighted by Crippen LogP contribution is -2.46. The number of rotatable bonds is 7. The number of carbonyl (C=O) groups is 1. The summed E-state index contributed by atoms with van der Waals surface area (Å²) in [7, 11) is 1.60. The SMILES string of the molecule is COCCNC(=O)CNCC1(O)CCC(C)CC1. The average molecular weight is 258 g/mol. The quantitative estimate of drug-likeness (QED) is 0.574. The molecule has 0 unspecified atom stereocenters. The van der Waals surface area contributed by atoms with Crippen molar-refractivity contribution >= 4 is 5.91 Å². The topological polar surface area (TPSA) is 70.6 Å². The molecule has 0 atom stereocenters. The number of carbonyl (C=O) groups excluding carboxylic acids is 1. The smallest absolute Gasteiger partial charge is 0.234 e. The molecule has 0 heterocycles. The maximum atomic E-state index is 11.4. The van der Waals surface area contributed by atoms with E-state index in [4.69, 9.17) is 4.74 Å². The summed E-state index contributed by atoms with van der Waals surface area (Å²) in [6, 6.07) is 0. The van der Waals surface area contributed by atoms with Crippen LogP contribution in [-0.4, -0.2) is 50.0 Å². The van der Waals surface area contributed by atoms with Crippen molar-refractivity contribution in [3.63, 3.8) is 0 Å². The van der Waals surface area contributed by atoms with Gasteiger partial charge in [-0.1, -0.05) is 6.92 Å². The molecule has 0 bridgehead atoms. The van der Waals surface area contributed by atoms with Gasteiger partial charge in [0, 0.05) is 20.2 Å². The van der Waals surface area contributed by atoms with Gasteiger partial charge in [0.15, 0.2) is 0 Å². The third-order valence-corrected chi connectivity index (χ3v) is 3.57. The minimum Gasteiger partial charge on any atom is -0.389 e. The number of nitrogens with one attached hydrogen (secondary N) is 2. The summed E-state index contributed by atoms with van der Waals surface area (Å²) in [6.07, 6.45) is 3.79. The fourth-order valence-electron chi connectivity index (χ4n) is 2.24. The van der Waals surface area contributed by atoms with E-state index in [1.807, 2.05) is 0 Å². The van der Waals surface area contributed by atoms with Crippen molar-refractivity contribution in [1.82, 2.24) is 10.6 Å². The van der Waals surface area contributed by atoms with Crippen LogP contribution in [0.1, 0.15) is 32.6 Å². The molecule has 18 heavy (non-hydrogen) atoms. The van der Waals surface area contributed by atoms with Gasteiger partial charge < -0.3 is 20.5 Å². The first-order chi connectivity index (χ1) is 8.56. The Labute approximate surface area is 109 Å². The van der Waals surface area contributed by atoms with Gasteiger partial charge in [-0.15, -0.1) is 0 Å². The molecule has 0 aromatic rings. The molecular weight excluding hydrogens is 232 g/mol.